The smallest absolute Gasteiger partial charge is 0.135 e. The van der Waals surface area contributed by atoms with Crippen LogP contribution in [-0.4, -0.2) is 13.2 Å². The van der Waals surface area contributed by atoms with E-state index in [1.807, 2.05) is 0 Å². The first-order valence-corrected chi connectivity index (χ1v) is 13.9. The second-order valence-electron chi connectivity index (χ2n) is 11.5. The summed E-state index contributed by atoms with van der Waals surface area (Å²) < 4.78 is 13.3. The monoisotopic (exact) mass is 476 g/mol. The van der Waals surface area contributed by atoms with Gasteiger partial charge in [0.2, 0.25) is 0 Å². The Morgan fingerprint density at radius 2 is 1.09 bits per heavy atom. The number of hydrogen-bond acceptors (Lipinski definition) is 2. The van der Waals surface area contributed by atoms with Gasteiger partial charge in [-0.25, -0.2) is 0 Å². The van der Waals surface area contributed by atoms with Gasteiger partial charge in [0.15, 0.2) is 0 Å². The molecule has 0 aliphatic rings. The Bertz CT molecular complexity index is 1110. The van der Waals surface area contributed by atoms with Gasteiger partial charge in [0.1, 0.15) is 11.5 Å². The van der Waals surface area contributed by atoms with Gasteiger partial charge >= 0.3 is 0 Å². The summed E-state index contributed by atoms with van der Waals surface area (Å²) in [5.41, 5.74) is 1.45. The fourth-order valence-electron chi connectivity index (χ4n) is 4.60. The van der Waals surface area contributed by atoms with Crippen LogP contribution < -0.4 is 9.47 Å². The Morgan fingerprint density at radius 3 is 1.54 bits per heavy atom. The number of benzene rings is 3. The molecule has 4 atom stereocenters. The molecule has 3 aromatic rings. The Hall–Kier alpha value is -2.22. The topological polar surface area (TPSA) is 18.5 Å². The van der Waals surface area contributed by atoms with Crippen LogP contribution in [0.25, 0.3) is 21.5 Å². The van der Waals surface area contributed by atoms with E-state index in [0.29, 0.717) is 23.7 Å². The van der Waals surface area contributed by atoms with Crippen LogP contribution >= 0.6 is 0 Å². The van der Waals surface area contributed by atoms with E-state index in [4.69, 9.17) is 9.47 Å². The molecule has 2 heteroatoms. The summed E-state index contributed by atoms with van der Waals surface area (Å²) in [6, 6.07) is 15.5. The van der Waals surface area contributed by atoms with E-state index in [-0.39, 0.29) is 5.41 Å². The molecule has 35 heavy (non-hydrogen) atoms. The van der Waals surface area contributed by atoms with E-state index in [1.165, 1.54) is 23.8 Å². The van der Waals surface area contributed by atoms with Gasteiger partial charge in [-0.2, -0.15) is 0 Å². The Labute approximate surface area is 214 Å². The average Bonchev–Trinajstić information content (AvgIpc) is 2.88. The second-order valence-corrected chi connectivity index (χ2v) is 11.5. The summed E-state index contributed by atoms with van der Waals surface area (Å²) in [6.07, 6.45) is 3.42. The third-order valence-electron chi connectivity index (χ3n) is 8.80. The SMILES string of the molecule is CCC(C)C(C)COc1c2ccccc2c(OCC(C)C(C)CC)c2cc(C(C)(C)CC)ccc12. The number of rotatable bonds is 12. The highest BCUT2D eigenvalue weighted by atomic mass is 16.5. The molecule has 0 saturated carbocycles. The molecule has 0 fully saturated rings. The molecule has 192 valence electrons. The van der Waals surface area contributed by atoms with E-state index in [1.54, 1.807) is 0 Å². The third kappa shape index (κ3) is 5.96. The lowest BCUT2D eigenvalue weighted by molar-refractivity contribution is 0.213. The van der Waals surface area contributed by atoms with Gasteiger partial charge in [0.25, 0.3) is 0 Å². The summed E-state index contributed by atoms with van der Waals surface area (Å²) in [6.45, 7) is 22.1. The molecule has 3 aromatic carbocycles. The van der Waals surface area contributed by atoms with Crippen LogP contribution in [0.4, 0.5) is 0 Å². The van der Waals surface area contributed by atoms with Crippen LogP contribution in [0.5, 0.6) is 11.5 Å². The quantitative estimate of drug-likeness (QED) is 0.242. The van der Waals surface area contributed by atoms with Crippen LogP contribution in [0.3, 0.4) is 0 Å². The van der Waals surface area contributed by atoms with Crippen molar-refractivity contribution in [2.75, 3.05) is 13.2 Å². The lowest BCUT2D eigenvalue weighted by atomic mass is 9.81. The number of ether oxygens (including phenoxy) is 2. The van der Waals surface area contributed by atoms with Crippen LogP contribution in [0, 0.1) is 23.7 Å². The van der Waals surface area contributed by atoms with Crippen molar-refractivity contribution in [3.8, 4) is 11.5 Å². The molecule has 0 aliphatic carbocycles. The van der Waals surface area contributed by atoms with Gasteiger partial charge in [-0.1, -0.05) is 112 Å². The molecule has 0 aromatic heterocycles. The molecule has 2 nitrogen and oxygen atoms in total. The first-order chi connectivity index (χ1) is 16.6. The first kappa shape index (κ1) is 27.4. The van der Waals surface area contributed by atoms with Gasteiger partial charge in [0.05, 0.1) is 13.2 Å². The van der Waals surface area contributed by atoms with E-state index in [9.17, 15) is 0 Å². The number of hydrogen-bond donors (Lipinski definition) is 0. The average molecular weight is 477 g/mol. The maximum Gasteiger partial charge on any atom is 0.135 e. The maximum atomic E-state index is 6.70. The lowest BCUT2D eigenvalue weighted by Crippen LogP contribution is -2.18. The molecule has 0 spiro atoms. The van der Waals surface area contributed by atoms with Crippen LogP contribution in [-0.2, 0) is 5.41 Å². The standard InChI is InChI=1S/C33H48O2/c1-10-22(4)24(6)20-34-31-27-15-13-14-16-28(27)32(35-21-25(7)23(5)11-2)30-19-26(17-18-29(30)31)33(8,9)12-3/h13-19,22-25H,10-12,20-21H2,1-9H3. The van der Waals surface area contributed by atoms with Crippen molar-refractivity contribution in [2.24, 2.45) is 23.7 Å². The van der Waals surface area contributed by atoms with E-state index in [0.717, 1.165) is 47.3 Å². The summed E-state index contributed by atoms with van der Waals surface area (Å²) >= 11 is 0. The molecule has 3 rings (SSSR count). The van der Waals surface area contributed by atoms with Gasteiger partial charge in [-0.3, -0.25) is 0 Å². The van der Waals surface area contributed by atoms with E-state index in [2.05, 4.69) is 105 Å². The van der Waals surface area contributed by atoms with Gasteiger partial charge in [-0.05, 0) is 47.1 Å². The minimum atomic E-state index is 0.104. The highest BCUT2D eigenvalue weighted by molar-refractivity contribution is 6.11. The maximum absolute atomic E-state index is 6.70. The zero-order valence-corrected chi connectivity index (χ0v) is 23.7. The van der Waals surface area contributed by atoms with Crippen molar-refractivity contribution >= 4 is 21.5 Å². The molecule has 0 saturated heterocycles. The van der Waals surface area contributed by atoms with Crippen LogP contribution in [0.2, 0.25) is 0 Å². The van der Waals surface area contributed by atoms with Crippen molar-refractivity contribution < 1.29 is 9.47 Å². The van der Waals surface area contributed by atoms with Crippen molar-refractivity contribution in [1.82, 2.24) is 0 Å². The molecule has 4 unspecified atom stereocenters. The molecular weight excluding hydrogens is 428 g/mol. The Kier molecular flexibility index (Phi) is 9.13. The van der Waals surface area contributed by atoms with E-state index >= 15 is 0 Å². The highest BCUT2D eigenvalue weighted by Gasteiger charge is 2.23. The zero-order valence-electron chi connectivity index (χ0n) is 23.7. The van der Waals surface area contributed by atoms with Gasteiger partial charge in [0, 0.05) is 21.5 Å². The summed E-state index contributed by atoms with van der Waals surface area (Å²) in [7, 11) is 0. The first-order valence-electron chi connectivity index (χ1n) is 13.9. The van der Waals surface area contributed by atoms with Gasteiger partial charge < -0.3 is 9.47 Å². The minimum Gasteiger partial charge on any atom is -0.492 e. The van der Waals surface area contributed by atoms with E-state index < -0.39 is 0 Å². The molecule has 0 radical (unpaired) electrons. The van der Waals surface area contributed by atoms with Gasteiger partial charge in [-0.15, -0.1) is 0 Å². The summed E-state index contributed by atoms with van der Waals surface area (Å²) in [5.74, 6) is 4.26. The predicted molar refractivity (Wildman–Crippen MR) is 153 cm³/mol. The van der Waals surface area contributed by atoms with Crippen molar-refractivity contribution in [2.45, 2.75) is 87.0 Å². The van der Waals surface area contributed by atoms with Crippen LogP contribution in [0.15, 0.2) is 42.5 Å². The molecule has 0 aliphatic heterocycles. The Morgan fingerprint density at radius 1 is 0.629 bits per heavy atom. The normalized spacial score (nSPS) is 15.7. The zero-order chi connectivity index (χ0) is 25.8. The highest BCUT2D eigenvalue weighted by Crippen LogP contribution is 2.45. The molecule has 0 N–H and O–H groups in total. The minimum absolute atomic E-state index is 0.104. The fraction of sp³-hybridized carbons (Fsp3) is 0.576. The molecule has 0 bridgehead atoms. The lowest BCUT2D eigenvalue weighted by Gasteiger charge is -2.26. The number of fused-ring (bicyclic) bond motifs is 2. The summed E-state index contributed by atoms with van der Waals surface area (Å²) in [5, 5.41) is 4.62. The van der Waals surface area contributed by atoms with Crippen molar-refractivity contribution in [3.05, 3.63) is 48.0 Å². The Balaban J connectivity index is 2.20. The fourth-order valence-corrected chi connectivity index (χ4v) is 4.60. The molecular formula is C33H48O2. The van der Waals surface area contributed by atoms with Crippen LogP contribution in [0.1, 0.15) is 87.1 Å². The van der Waals surface area contributed by atoms with Crippen molar-refractivity contribution in [1.29, 1.82) is 0 Å². The molecule has 0 heterocycles. The van der Waals surface area contributed by atoms with Crippen molar-refractivity contribution in [3.63, 3.8) is 0 Å². The molecule has 0 amide bonds. The summed E-state index contributed by atoms with van der Waals surface area (Å²) in [4.78, 5) is 0. The third-order valence-corrected chi connectivity index (χ3v) is 8.80. The second kappa shape index (κ2) is 11.7. The largest absolute Gasteiger partial charge is 0.492 e. The predicted octanol–water partition coefficient (Wildman–Crippen LogP) is 9.80.